The second-order valence-electron chi connectivity index (χ2n) is 7.96. The summed E-state index contributed by atoms with van der Waals surface area (Å²) in [5.41, 5.74) is 2.07. The number of carbonyl (C=O) groups excluding carboxylic acids is 2. The van der Waals surface area contributed by atoms with Crippen LogP contribution in [-0.2, 0) is 16.1 Å². The molecule has 0 aliphatic heterocycles. The molecule has 6 heteroatoms. The predicted molar refractivity (Wildman–Crippen MR) is 138 cm³/mol. The number of hydrogen-bond donors (Lipinski definition) is 0. The quantitative estimate of drug-likeness (QED) is 0.115. The van der Waals surface area contributed by atoms with Crippen molar-refractivity contribution in [3.63, 3.8) is 0 Å². The fourth-order valence-corrected chi connectivity index (χ4v) is 3.29. The summed E-state index contributed by atoms with van der Waals surface area (Å²) in [5.74, 6) is 0.243. The molecular formula is C29H29ClO5. The Kier molecular flexibility index (Phi) is 10.4. The first-order valence-corrected chi connectivity index (χ1v) is 12.1. The first kappa shape index (κ1) is 26.0. The van der Waals surface area contributed by atoms with Gasteiger partial charge in [-0.2, -0.15) is 0 Å². The van der Waals surface area contributed by atoms with Crippen LogP contribution >= 0.6 is 11.6 Å². The van der Waals surface area contributed by atoms with E-state index in [9.17, 15) is 9.59 Å². The molecule has 35 heavy (non-hydrogen) atoms. The lowest BCUT2D eigenvalue weighted by molar-refractivity contribution is -0.138. The minimum absolute atomic E-state index is 0.168. The van der Waals surface area contributed by atoms with E-state index >= 15 is 0 Å². The third-order valence-electron chi connectivity index (χ3n) is 5.15. The van der Waals surface area contributed by atoms with Crippen molar-refractivity contribution in [3.8, 4) is 11.5 Å². The summed E-state index contributed by atoms with van der Waals surface area (Å²) < 4.78 is 16.4. The first-order valence-electron chi connectivity index (χ1n) is 11.7. The third kappa shape index (κ3) is 9.30. The maximum atomic E-state index is 12.4. The highest BCUT2D eigenvalue weighted by molar-refractivity contribution is 6.30. The summed E-state index contributed by atoms with van der Waals surface area (Å²) in [6.07, 6.45) is 7.57. The monoisotopic (exact) mass is 492 g/mol. The third-order valence-corrected chi connectivity index (χ3v) is 5.41. The second kappa shape index (κ2) is 14.0. The van der Waals surface area contributed by atoms with Crippen LogP contribution in [0, 0.1) is 0 Å². The van der Waals surface area contributed by atoms with Gasteiger partial charge >= 0.3 is 11.9 Å². The standard InChI is InChI=1S/C29H29ClO5/c1-2-3-4-5-20-33-26-17-11-24(12-18-26)29(32)35-27-15-8-22(9-16-27)10-19-28(31)34-21-23-6-13-25(30)14-7-23/h6-19H,2-5,20-21H2,1H3/b19-10+. The van der Waals surface area contributed by atoms with E-state index in [1.807, 2.05) is 0 Å². The molecule has 3 aromatic carbocycles. The average molecular weight is 493 g/mol. The molecular weight excluding hydrogens is 464 g/mol. The molecule has 0 saturated heterocycles. The predicted octanol–water partition coefficient (Wildman–Crippen LogP) is 7.27. The summed E-state index contributed by atoms with van der Waals surface area (Å²) in [6, 6.07) is 20.9. The SMILES string of the molecule is CCCCCCOc1ccc(C(=O)Oc2ccc(/C=C/C(=O)OCc3ccc(Cl)cc3)cc2)cc1. The van der Waals surface area contributed by atoms with Crippen LogP contribution in [0.4, 0.5) is 0 Å². The molecule has 0 amide bonds. The zero-order chi connectivity index (χ0) is 24.9. The molecule has 182 valence electrons. The molecule has 0 fully saturated rings. The van der Waals surface area contributed by atoms with Gasteiger partial charge in [0.15, 0.2) is 0 Å². The van der Waals surface area contributed by atoms with E-state index in [4.69, 9.17) is 25.8 Å². The molecule has 0 aliphatic rings. The van der Waals surface area contributed by atoms with Crippen molar-refractivity contribution in [1.82, 2.24) is 0 Å². The minimum atomic E-state index is -0.455. The molecule has 0 saturated carbocycles. The summed E-state index contributed by atoms with van der Waals surface area (Å²) in [6.45, 7) is 3.01. The van der Waals surface area contributed by atoms with Gasteiger partial charge in [-0.15, -0.1) is 0 Å². The molecule has 0 bridgehead atoms. The van der Waals surface area contributed by atoms with Crippen molar-refractivity contribution in [2.45, 2.75) is 39.2 Å². The van der Waals surface area contributed by atoms with Gasteiger partial charge in [-0.1, -0.05) is 62.1 Å². The number of unbranched alkanes of at least 4 members (excludes halogenated alkanes) is 3. The van der Waals surface area contributed by atoms with Crippen LogP contribution in [0.25, 0.3) is 6.08 Å². The van der Waals surface area contributed by atoms with Crippen molar-refractivity contribution in [3.05, 3.63) is 101 Å². The Hall–Kier alpha value is -3.57. The molecule has 0 heterocycles. The van der Waals surface area contributed by atoms with Gasteiger partial charge in [0.05, 0.1) is 12.2 Å². The first-order chi connectivity index (χ1) is 17.0. The van der Waals surface area contributed by atoms with E-state index in [2.05, 4.69) is 6.92 Å². The van der Waals surface area contributed by atoms with Crippen molar-refractivity contribution in [1.29, 1.82) is 0 Å². The number of carbonyl (C=O) groups is 2. The van der Waals surface area contributed by atoms with Gasteiger partial charge < -0.3 is 14.2 Å². The number of halogens is 1. The second-order valence-corrected chi connectivity index (χ2v) is 8.40. The highest BCUT2D eigenvalue weighted by atomic mass is 35.5. The Bertz CT molecular complexity index is 1100. The van der Waals surface area contributed by atoms with Crippen LogP contribution in [0.3, 0.4) is 0 Å². The number of benzene rings is 3. The molecule has 0 spiro atoms. The van der Waals surface area contributed by atoms with Crippen LogP contribution in [0.1, 0.15) is 54.1 Å². The Morgan fingerprint density at radius 3 is 2.20 bits per heavy atom. The number of rotatable bonds is 12. The summed E-state index contributed by atoms with van der Waals surface area (Å²) in [7, 11) is 0. The van der Waals surface area contributed by atoms with E-state index < -0.39 is 11.9 Å². The van der Waals surface area contributed by atoms with Gasteiger partial charge in [-0.3, -0.25) is 0 Å². The van der Waals surface area contributed by atoms with Gasteiger partial charge in [0.2, 0.25) is 0 Å². The molecule has 0 N–H and O–H groups in total. The molecule has 0 aliphatic carbocycles. The van der Waals surface area contributed by atoms with Gasteiger partial charge in [0.25, 0.3) is 0 Å². The molecule has 5 nitrogen and oxygen atoms in total. The Labute approximate surface area is 211 Å². The summed E-state index contributed by atoms with van der Waals surface area (Å²) in [5, 5.41) is 0.630. The van der Waals surface area contributed by atoms with Crippen LogP contribution in [-0.4, -0.2) is 18.5 Å². The fourth-order valence-electron chi connectivity index (χ4n) is 3.17. The van der Waals surface area contributed by atoms with E-state index in [1.165, 1.54) is 18.9 Å². The van der Waals surface area contributed by atoms with Crippen molar-refractivity contribution >= 4 is 29.6 Å². The molecule has 0 aromatic heterocycles. The number of hydrogen-bond acceptors (Lipinski definition) is 5. The lowest BCUT2D eigenvalue weighted by Crippen LogP contribution is -2.08. The molecule has 0 atom stereocenters. The lowest BCUT2D eigenvalue weighted by atomic mass is 10.2. The average Bonchev–Trinajstić information content (AvgIpc) is 2.88. The van der Waals surface area contributed by atoms with Crippen LogP contribution in [0.2, 0.25) is 5.02 Å². The highest BCUT2D eigenvalue weighted by Crippen LogP contribution is 2.18. The largest absolute Gasteiger partial charge is 0.494 e. The van der Waals surface area contributed by atoms with Crippen LogP contribution < -0.4 is 9.47 Å². The lowest BCUT2D eigenvalue weighted by Gasteiger charge is -2.08. The van der Waals surface area contributed by atoms with Gasteiger partial charge in [-0.05, 0) is 72.2 Å². The number of esters is 2. The maximum absolute atomic E-state index is 12.4. The van der Waals surface area contributed by atoms with Gasteiger partial charge in [0.1, 0.15) is 18.1 Å². The summed E-state index contributed by atoms with van der Waals surface area (Å²) in [4.78, 5) is 24.4. The molecule has 3 aromatic rings. The summed E-state index contributed by atoms with van der Waals surface area (Å²) >= 11 is 5.84. The van der Waals surface area contributed by atoms with Gasteiger partial charge in [0, 0.05) is 11.1 Å². The molecule has 3 rings (SSSR count). The van der Waals surface area contributed by atoms with E-state index in [1.54, 1.807) is 78.9 Å². The minimum Gasteiger partial charge on any atom is -0.494 e. The smallest absolute Gasteiger partial charge is 0.343 e. The van der Waals surface area contributed by atoms with Gasteiger partial charge in [-0.25, -0.2) is 9.59 Å². The van der Waals surface area contributed by atoms with Crippen molar-refractivity contribution in [2.75, 3.05) is 6.61 Å². The van der Waals surface area contributed by atoms with Crippen molar-refractivity contribution < 1.29 is 23.8 Å². The normalized spacial score (nSPS) is 10.8. The Morgan fingerprint density at radius 2 is 1.51 bits per heavy atom. The van der Waals surface area contributed by atoms with E-state index in [0.29, 0.717) is 22.9 Å². The molecule has 0 unspecified atom stereocenters. The zero-order valence-corrected chi connectivity index (χ0v) is 20.5. The molecule has 0 radical (unpaired) electrons. The fraction of sp³-hybridized carbons (Fsp3) is 0.241. The van der Waals surface area contributed by atoms with E-state index in [0.717, 1.165) is 29.7 Å². The highest BCUT2D eigenvalue weighted by Gasteiger charge is 2.09. The topological polar surface area (TPSA) is 61.8 Å². The van der Waals surface area contributed by atoms with Crippen LogP contribution in [0.15, 0.2) is 78.9 Å². The van der Waals surface area contributed by atoms with Crippen LogP contribution in [0.5, 0.6) is 11.5 Å². The van der Waals surface area contributed by atoms with Crippen molar-refractivity contribution in [2.24, 2.45) is 0 Å². The Balaban J connectivity index is 1.43. The Morgan fingerprint density at radius 1 is 0.829 bits per heavy atom. The van der Waals surface area contributed by atoms with E-state index in [-0.39, 0.29) is 6.61 Å². The zero-order valence-electron chi connectivity index (χ0n) is 19.7. The number of ether oxygens (including phenoxy) is 3. The maximum Gasteiger partial charge on any atom is 0.343 e.